The van der Waals surface area contributed by atoms with Crippen molar-refractivity contribution in [2.24, 2.45) is 0 Å². The van der Waals surface area contributed by atoms with Crippen molar-refractivity contribution < 1.29 is 9.53 Å². The van der Waals surface area contributed by atoms with E-state index in [0.29, 0.717) is 18.7 Å². The zero-order valence-electron chi connectivity index (χ0n) is 8.73. The van der Waals surface area contributed by atoms with Crippen LogP contribution in [-0.4, -0.2) is 35.0 Å². The standard InChI is InChI=1S/C9H15N3O2/c1-7(2)12-9(4-5-14-3)8(6-13)10-11-12/h6-7H,4-5H2,1-3H3. The average molecular weight is 197 g/mol. The van der Waals surface area contributed by atoms with E-state index in [-0.39, 0.29) is 6.04 Å². The summed E-state index contributed by atoms with van der Waals surface area (Å²) in [6, 6.07) is 0.211. The topological polar surface area (TPSA) is 57.0 Å². The first-order chi connectivity index (χ1) is 6.70. The molecule has 5 nitrogen and oxygen atoms in total. The third-order valence-corrected chi connectivity index (χ3v) is 1.96. The molecule has 0 atom stereocenters. The van der Waals surface area contributed by atoms with Crippen LogP contribution >= 0.6 is 0 Å². The Balaban J connectivity index is 2.93. The van der Waals surface area contributed by atoms with Gasteiger partial charge in [0.15, 0.2) is 6.29 Å². The fourth-order valence-electron chi connectivity index (χ4n) is 1.27. The van der Waals surface area contributed by atoms with E-state index >= 15 is 0 Å². The highest BCUT2D eigenvalue weighted by atomic mass is 16.5. The first kappa shape index (κ1) is 10.8. The molecule has 0 saturated carbocycles. The van der Waals surface area contributed by atoms with Gasteiger partial charge in [0.25, 0.3) is 0 Å². The Morgan fingerprint density at radius 2 is 2.29 bits per heavy atom. The summed E-state index contributed by atoms with van der Waals surface area (Å²) in [6.45, 7) is 4.57. The smallest absolute Gasteiger partial charge is 0.172 e. The third-order valence-electron chi connectivity index (χ3n) is 1.96. The van der Waals surface area contributed by atoms with E-state index in [1.54, 1.807) is 11.8 Å². The molecule has 0 saturated heterocycles. The summed E-state index contributed by atoms with van der Waals surface area (Å²) in [7, 11) is 1.63. The van der Waals surface area contributed by atoms with Crippen LogP contribution in [0, 0.1) is 0 Å². The molecule has 0 spiro atoms. The second kappa shape index (κ2) is 4.85. The summed E-state index contributed by atoms with van der Waals surface area (Å²) in [4.78, 5) is 10.7. The van der Waals surface area contributed by atoms with E-state index in [4.69, 9.17) is 4.74 Å². The zero-order chi connectivity index (χ0) is 10.6. The number of hydrogen-bond donors (Lipinski definition) is 0. The highest BCUT2D eigenvalue weighted by Crippen LogP contribution is 2.10. The number of nitrogens with zero attached hydrogens (tertiary/aromatic N) is 3. The van der Waals surface area contributed by atoms with Crippen LogP contribution in [0.4, 0.5) is 0 Å². The maximum Gasteiger partial charge on any atom is 0.172 e. The molecule has 0 radical (unpaired) electrons. The van der Waals surface area contributed by atoms with Crippen LogP contribution in [0.25, 0.3) is 0 Å². The molecule has 5 heteroatoms. The van der Waals surface area contributed by atoms with Gasteiger partial charge in [0.05, 0.1) is 12.3 Å². The summed E-state index contributed by atoms with van der Waals surface area (Å²) < 4.78 is 6.72. The number of carbonyl (C=O) groups is 1. The van der Waals surface area contributed by atoms with Gasteiger partial charge in [-0.1, -0.05) is 5.21 Å². The zero-order valence-corrected chi connectivity index (χ0v) is 8.73. The van der Waals surface area contributed by atoms with Gasteiger partial charge < -0.3 is 4.74 Å². The van der Waals surface area contributed by atoms with Gasteiger partial charge in [-0.15, -0.1) is 5.10 Å². The summed E-state index contributed by atoms with van der Waals surface area (Å²) in [6.07, 6.45) is 1.40. The number of ether oxygens (including phenoxy) is 1. The van der Waals surface area contributed by atoms with Crippen LogP contribution in [0.15, 0.2) is 0 Å². The van der Waals surface area contributed by atoms with E-state index in [2.05, 4.69) is 10.3 Å². The van der Waals surface area contributed by atoms with Gasteiger partial charge in [-0.25, -0.2) is 4.68 Å². The molecule has 0 aliphatic heterocycles. The molecule has 0 fully saturated rings. The van der Waals surface area contributed by atoms with Gasteiger partial charge in [-0.05, 0) is 13.8 Å². The Hall–Kier alpha value is -1.23. The van der Waals surface area contributed by atoms with E-state index in [0.717, 1.165) is 12.0 Å². The maximum atomic E-state index is 10.7. The van der Waals surface area contributed by atoms with Gasteiger partial charge in [-0.3, -0.25) is 4.79 Å². The molecule has 0 aromatic carbocycles. The molecule has 1 aromatic heterocycles. The van der Waals surface area contributed by atoms with Crippen molar-refractivity contribution in [3.63, 3.8) is 0 Å². The van der Waals surface area contributed by atoms with Crippen molar-refractivity contribution in [1.29, 1.82) is 0 Å². The molecule has 0 unspecified atom stereocenters. The molecule has 0 aliphatic carbocycles. The fraction of sp³-hybridized carbons (Fsp3) is 0.667. The maximum absolute atomic E-state index is 10.7. The summed E-state index contributed by atoms with van der Waals surface area (Å²) in [5, 5.41) is 7.72. The number of rotatable bonds is 5. The molecule has 1 rings (SSSR count). The van der Waals surface area contributed by atoms with Gasteiger partial charge >= 0.3 is 0 Å². The largest absolute Gasteiger partial charge is 0.384 e. The Morgan fingerprint density at radius 3 is 2.79 bits per heavy atom. The second-order valence-corrected chi connectivity index (χ2v) is 3.32. The van der Waals surface area contributed by atoms with Crippen molar-refractivity contribution in [3.05, 3.63) is 11.4 Å². The predicted octanol–water partition coefficient (Wildman–Crippen LogP) is 0.860. The SMILES string of the molecule is COCCc1c(C=O)nnn1C(C)C. The number of aldehydes is 1. The lowest BCUT2D eigenvalue weighted by Crippen LogP contribution is -2.10. The molecular formula is C9H15N3O2. The molecule has 0 N–H and O–H groups in total. The van der Waals surface area contributed by atoms with Crippen LogP contribution < -0.4 is 0 Å². The Bertz CT molecular complexity index is 307. The molecular weight excluding hydrogens is 182 g/mol. The number of hydrogen-bond acceptors (Lipinski definition) is 4. The molecule has 0 aliphatic rings. The van der Waals surface area contributed by atoms with Crippen LogP contribution in [0.5, 0.6) is 0 Å². The molecule has 0 bridgehead atoms. The van der Waals surface area contributed by atoms with E-state index in [1.807, 2.05) is 13.8 Å². The lowest BCUT2D eigenvalue weighted by molar-refractivity contribution is 0.111. The lowest BCUT2D eigenvalue weighted by atomic mass is 10.2. The van der Waals surface area contributed by atoms with Crippen LogP contribution in [-0.2, 0) is 11.2 Å². The third kappa shape index (κ3) is 2.17. The van der Waals surface area contributed by atoms with Crippen molar-refractivity contribution in [2.45, 2.75) is 26.3 Å². The highest BCUT2D eigenvalue weighted by molar-refractivity contribution is 5.73. The second-order valence-electron chi connectivity index (χ2n) is 3.32. The monoisotopic (exact) mass is 197 g/mol. The summed E-state index contributed by atoms with van der Waals surface area (Å²) in [5.41, 5.74) is 1.26. The van der Waals surface area contributed by atoms with E-state index < -0.39 is 0 Å². The van der Waals surface area contributed by atoms with Crippen LogP contribution in [0.2, 0.25) is 0 Å². The molecule has 1 heterocycles. The van der Waals surface area contributed by atoms with Crippen molar-refractivity contribution >= 4 is 6.29 Å². The minimum Gasteiger partial charge on any atom is -0.384 e. The minimum absolute atomic E-state index is 0.211. The van der Waals surface area contributed by atoms with E-state index in [1.165, 1.54) is 0 Å². The Kier molecular flexibility index (Phi) is 3.76. The molecule has 1 aromatic rings. The van der Waals surface area contributed by atoms with Crippen molar-refractivity contribution in [3.8, 4) is 0 Å². The van der Waals surface area contributed by atoms with Gasteiger partial charge in [0.2, 0.25) is 0 Å². The predicted molar refractivity (Wildman–Crippen MR) is 51.4 cm³/mol. The average Bonchev–Trinajstić information content (AvgIpc) is 2.57. The fourth-order valence-corrected chi connectivity index (χ4v) is 1.27. The number of methoxy groups -OCH3 is 1. The minimum atomic E-state index is 0.211. The Morgan fingerprint density at radius 1 is 1.57 bits per heavy atom. The Labute approximate surface area is 83.1 Å². The normalized spacial score (nSPS) is 10.9. The van der Waals surface area contributed by atoms with Crippen LogP contribution in [0.3, 0.4) is 0 Å². The van der Waals surface area contributed by atoms with E-state index in [9.17, 15) is 4.79 Å². The number of carbonyl (C=O) groups excluding carboxylic acids is 1. The molecule has 78 valence electrons. The molecule has 14 heavy (non-hydrogen) atoms. The van der Waals surface area contributed by atoms with Gasteiger partial charge in [-0.2, -0.15) is 0 Å². The van der Waals surface area contributed by atoms with Crippen molar-refractivity contribution in [2.75, 3.05) is 13.7 Å². The van der Waals surface area contributed by atoms with Crippen molar-refractivity contribution in [1.82, 2.24) is 15.0 Å². The van der Waals surface area contributed by atoms with Gasteiger partial charge in [0, 0.05) is 19.6 Å². The first-order valence-corrected chi connectivity index (χ1v) is 4.58. The van der Waals surface area contributed by atoms with Crippen LogP contribution in [0.1, 0.15) is 36.1 Å². The van der Waals surface area contributed by atoms with Gasteiger partial charge in [0.1, 0.15) is 5.69 Å². The summed E-state index contributed by atoms with van der Waals surface area (Å²) >= 11 is 0. The molecule has 0 amide bonds. The highest BCUT2D eigenvalue weighted by Gasteiger charge is 2.13. The number of aromatic nitrogens is 3. The lowest BCUT2D eigenvalue weighted by Gasteiger charge is -2.09. The quantitative estimate of drug-likeness (QED) is 0.657. The first-order valence-electron chi connectivity index (χ1n) is 4.58. The summed E-state index contributed by atoms with van der Waals surface area (Å²) in [5.74, 6) is 0.